The SMILES string of the molecule is CCOc1cc(/C=C(\C#N)C(=O)Nc2cccc(C)c2)ccc1OCC(=O)Nc1ccc(C)c(Cl)c1. The number of anilines is 2. The van der Waals surface area contributed by atoms with E-state index >= 15 is 0 Å². The van der Waals surface area contributed by atoms with Crippen LogP contribution in [-0.2, 0) is 9.59 Å². The van der Waals surface area contributed by atoms with Crippen LogP contribution in [0.3, 0.4) is 0 Å². The van der Waals surface area contributed by atoms with Gasteiger partial charge in [-0.25, -0.2) is 0 Å². The molecule has 184 valence electrons. The van der Waals surface area contributed by atoms with E-state index in [0.717, 1.165) is 11.1 Å². The predicted molar refractivity (Wildman–Crippen MR) is 141 cm³/mol. The minimum absolute atomic E-state index is 0.0660. The van der Waals surface area contributed by atoms with E-state index in [1.807, 2.05) is 51.1 Å². The number of hydrogen-bond donors (Lipinski definition) is 2. The van der Waals surface area contributed by atoms with E-state index in [1.165, 1.54) is 6.08 Å². The van der Waals surface area contributed by atoms with E-state index in [2.05, 4.69) is 10.6 Å². The van der Waals surface area contributed by atoms with Crippen molar-refractivity contribution >= 4 is 40.9 Å². The number of nitrogens with zero attached hydrogens (tertiary/aromatic N) is 1. The lowest BCUT2D eigenvalue weighted by molar-refractivity contribution is -0.118. The number of halogens is 1. The van der Waals surface area contributed by atoms with E-state index < -0.39 is 5.91 Å². The number of carbonyl (C=O) groups excluding carboxylic acids is 2. The molecular weight excluding hydrogens is 478 g/mol. The minimum Gasteiger partial charge on any atom is -0.490 e. The Bertz CT molecular complexity index is 1340. The fourth-order valence-electron chi connectivity index (χ4n) is 3.25. The maximum absolute atomic E-state index is 12.6. The van der Waals surface area contributed by atoms with E-state index in [1.54, 1.807) is 36.4 Å². The van der Waals surface area contributed by atoms with Crippen molar-refractivity contribution in [3.63, 3.8) is 0 Å². The topological polar surface area (TPSA) is 100 Å². The Balaban J connectivity index is 1.70. The molecule has 8 heteroatoms. The molecule has 0 unspecified atom stereocenters. The van der Waals surface area contributed by atoms with Gasteiger partial charge in [0.25, 0.3) is 11.8 Å². The summed E-state index contributed by atoms with van der Waals surface area (Å²) in [7, 11) is 0. The molecule has 3 aromatic carbocycles. The Morgan fingerprint density at radius 1 is 0.972 bits per heavy atom. The summed E-state index contributed by atoms with van der Waals surface area (Å²) in [6.45, 7) is 5.72. The Morgan fingerprint density at radius 2 is 1.75 bits per heavy atom. The smallest absolute Gasteiger partial charge is 0.266 e. The van der Waals surface area contributed by atoms with Crippen molar-refractivity contribution in [1.29, 1.82) is 5.26 Å². The van der Waals surface area contributed by atoms with Crippen molar-refractivity contribution < 1.29 is 19.1 Å². The molecule has 2 amide bonds. The zero-order chi connectivity index (χ0) is 26.1. The summed E-state index contributed by atoms with van der Waals surface area (Å²) < 4.78 is 11.3. The lowest BCUT2D eigenvalue weighted by atomic mass is 10.1. The van der Waals surface area contributed by atoms with Crippen LogP contribution in [0.1, 0.15) is 23.6 Å². The highest BCUT2D eigenvalue weighted by molar-refractivity contribution is 6.31. The second kappa shape index (κ2) is 12.4. The highest BCUT2D eigenvalue weighted by atomic mass is 35.5. The van der Waals surface area contributed by atoms with Crippen LogP contribution in [0.25, 0.3) is 6.08 Å². The van der Waals surface area contributed by atoms with Crippen LogP contribution < -0.4 is 20.1 Å². The van der Waals surface area contributed by atoms with Gasteiger partial charge in [0.2, 0.25) is 0 Å². The standard InChI is InChI=1S/C28H26ClN3O4/c1-4-35-26-14-20(13-21(16-30)28(34)32-22-7-5-6-18(2)12-22)9-11-25(26)36-17-27(33)31-23-10-8-19(3)24(29)15-23/h5-15H,4,17H2,1-3H3,(H,31,33)(H,32,34)/b21-13+. The Labute approximate surface area is 215 Å². The van der Waals surface area contributed by atoms with Crippen LogP contribution in [-0.4, -0.2) is 25.0 Å². The van der Waals surface area contributed by atoms with E-state index in [4.69, 9.17) is 21.1 Å². The monoisotopic (exact) mass is 503 g/mol. The van der Waals surface area contributed by atoms with E-state index in [9.17, 15) is 14.9 Å². The quantitative estimate of drug-likeness (QED) is 0.279. The normalized spacial score (nSPS) is 10.8. The molecule has 7 nitrogen and oxygen atoms in total. The summed E-state index contributed by atoms with van der Waals surface area (Å²) in [5, 5.41) is 15.5. The molecule has 0 radical (unpaired) electrons. The number of rotatable bonds is 9. The summed E-state index contributed by atoms with van der Waals surface area (Å²) in [5.74, 6) is -0.141. The third-order valence-electron chi connectivity index (χ3n) is 5.03. The Morgan fingerprint density at radius 3 is 2.44 bits per heavy atom. The average Bonchev–Trinajstić information content (AvgIpc) is 2.84. The average molecular weight is 504 g/mol. The maximum Gasteiger partial charge on any atom is 0.266 e. The van der Waals surface area contributed by atoms with Crippen LogP contribution >= 0.6 is 11.6 Å². The summed E-state index contributed by atoms with van der Waals surface area (Å²) in [6, 6.07) is 19.4. The van der Waals surface area contributed by atoms with Crippen LogP contribution in [0.4, 0.5) is 11.4 Å². The molecule has 0 heterocycles. The Kier molecular flexibility index (Phi) is 9.09. The number of hydrogen-bond acceptors (Lipinski definition) is 5. The third-order valence-corrected chi connectivity index (χ3v) is 5.44. The second-order valence-electron chi connectivity index (χ2n) is 7.93. The molecule has 0 fully saturated rings. The number of nitriles is 1. The number of benzene rings is 3. The van der Waals surface area contributed by atoms with Gasteiger partial charge in [0.15, 0.2) is 18.1 Å². The van der Waals surface area contributed by atoms with E-state index in [0.29, 0.717) is 40.1 Å². The predicted octanol–water partition coefficient (Wildman–Crippen LogP) is 5.92. The van der Waals surface area contributed by atoms with Crippen LogP contribution in [0.2, 0.25) is 5.02 Å². The fourth-order valence-corrected chi connectivity index (χ4v) is 3.43. The van der Waals surface area contributed by atoms with Gasteiger partial charge in [-0.2, -0.15) is 5.26 Å². The molecule has 0 atom stereocenters. The summed E-state index contributed by atoms with van der Waals surface area (Å²) >= 11 is 6.10. The van der Waals surface area contributed by atoms with Crippen molar-refractivity contribution in [1.82, 2.24) is 0 Å². The largest absolute Gasteiger partial charge is 0.490 e. The van der Waals surface area contributed by atoms with Gasteiger partial charge in [-0.15, -0.1) is 0 Å². The van der Waals surface area contributed by atoms with Gasteiger partial charge in [-0.1, -0.05) is 35.9 Å². The summed E-state index contributed by atoms with van der Waals surface area (Å²) in [6.07, 6.45) is 1.46. The zero-order valence-electron chi connectivity index (χ0n) is 20.2. The summed E-state index contributed by atoms with van der Waals surface area (Å²) in [4.78, 5) is 24.9. The van der Waals surface area contributed by atoms with Crippen LogP contribution in [0.5, 0.6) is 11.5 Å². The highest BCUT2D eigenvalue weighted by Crippen LogP contribution is 2.30. The molecule has 2 N–H and O–H groups in total. The lowest BCUT2D eigenvalue weighted by Crippen LogP contribution is -2.20. The van der Waals surface area contributed by atoms with Crippen molar-refractivity contribution in [2.24, 2.45) is 0 Å². The molecular formula is C28H26ClN3O4. The summed E-state index contributed by atoms with van der Waals surface area (Å²) in [5.41, 5.74) is 3.57. The molecule has 0 saturated carbocycles. The van der Waals surface area contributed by atoms with Crippen molar-refractivity contribution in [3.8, 4) is 17.6 Å². The molecule has 0 aliphatic heterocycles. The first-order valence-corrected chi connectivity index (χ1v) is 11.6. The zero-order valence-corrected chi connectivity index (χ0v) is 21.0. The number of ether oxygens (including phenoxy) is 2. The highest BCUT2D eigenvalue weighted by Gasteiger charge is 2.13. The first-order chi connectivity index (χ1) is 17.3. The van der Waals surface area contributed by atoms with Gasteiger partial charge in [-0.05, 0) is 79.9 Å². The molecule has 36 heavy (non-hydrogen) atoms. The Hall–Kier alpha value is -4.28. The lowest BCUT2D eigenvalue weighted by Gasteiger charge is -2.13. The van der Waals surface area contributed by atoms with Crippen molar-refractivity contribution in [2.75, 3.05) is 23.8 Å². The molecule has 0 aliphatic carbocycles. The maximum atomic E-state index is 12.6. The number of nitrogens with one attached hydrogen (secondary N) is 2. The minimum atomic E-state index is -0.519. The van der Waals surface area contributed by atoms with Crippen LogP contribution in [0, 0.1) is 25.2 Å². The van der Waals surface area contributed by atoms with E-state index in [-0.39, 0.29) is 18.1 Å². The fraction of sp³-hybridized carbons (Fsp3) is 0.179. The first-order valence-electron chi connectivity index (χ1n) is 11.2. The van der Waals surface area contributed by atoms with Gasteiger partial charge < -0.3 is 20.1 Å². The number of carbonyl (C=O) groups is 2. The molecule has 3 aromatic rings. The number of amides is 2. The van der Waals surface area contributed by atoms with Gasteiger partial charge in [0.05, 0.1) is 6.61 Å². The first kappa shape index (κ1) is 26.3. The van der Waals surface area contributed by atoms with Gasteiger partial charge in [0, 0.05) is 16.4 Å². The van der Waals surface area contributed by atoms with Gasteiger partial charge >= 0.3 is 0 Å². The van der Waals surface area contributed by atoms with Crippen molar-refractivity contribution in [2.45, 2.75) is 20.8 Å². The molecule has 3 rings (SSSR count). The number of aryl methyl sites for hydroxylation is 2. The third kappa shape index (κ3) is 7.36. The molecule has 0 saturated heterocycles. The second-order valence-corrected chi connectivity index (χ2v) is 8.34. The van der Waals surface area contributed by atoms with Crippen molar-refractivity contribution in [3.05, 3.63) is 87.9 Å². The van der Waals surface area contributed by atoms with Gasteiger partial charge in [0.1, 0.15) is 11.6 Å². The van der Waals surface area contributed by atoms with Gasteiger partial charge in [-0.3, -0.25) is 9.59 Å². The molecule has 0 bridgehead atoms. The molecule has 0 aromatic heterocycles. The molecule has 0 aliphatic rings. The molecule has 0 spiro atoms. The van der Waals surface area contributed by atoms with Crippen LogP contribution in [0.15, 0.2) is 66.2 Å².